The van der Waals surface area contributed by atoms with E-state index in [9.17, 15) is 0 Å². The normalized spacial score (nSPS) is 13.9. The first-order chi connectivity index (χ1) is 10.4. The highest BCUT2D eigenvalue weighted by Crippen LogP contribution is 2.14. The quantitative estimate of drug-likeness (QED) is 0.232. The third kappa shape index (κ3) is 13.7. The lowest BCUT2D eigenvalue weighted by molar-refractivity contribution is 0.516. The van der Waals surface area contributed by atoms with Crippen LogP contribution < -0.4 is 0 Å². The maximum Gasteiger partial charge on any atom is 0.161 e. The molecule has 0 saturated carbocycles. The van der Waals surface area contributed by atoms with Gasteiger partial charge in [0.05, 0.1) is 0 Å². The van der Waals surface area contributed by atoms with Crippen molar-refractivity contribution in [2.75, 3.05) is 0 Å². The van der Waals surface area contributed by atoms with E-state index in [-0.39, 0.29) is 0 Å². The highest BCUT2D eigenvalue weighted by molar-refractivity contribution is 5.22. The van der Waals surface area contributed by atoms with E-state index in [0.717, 1.165) is 5.76 Å². The summed E-state index contributed by atoms with van der Waals surface area (Å²) in [7, 11) is 0. The third-order valence-electron chi connectivity index (χ3n) is 3.99. The Bertz CT molecular complexity index is 312. The van der Waals surface area contributed by atoms with Gasteiger partial charge in [-0.3, -0.25) is 0 Å². The molecule has 0 saturated heterocycles. The molecule has 0 aromatic carbocycles. The molecular formula is C20H34O. The lowest BCUT2D eigenvalue weighted by atomic mass is 10.0. The molecule has 0 bridgehead atoms. The fourth-order valence-corrected chi connectivity index (χ4v) is 2.54. The second-order valence-corrected chi connectivity index (χ2v) is 6.10. The highest BCUT2D eigenvalue weighted by Gasteiger charge is 2.01. The van der Waals surface area contributed by atoms with Gasteiger partial charge in [-0.05, 0) is 18.9 Å². The fraction of sp³-hybridized carbons (Fsp3) is 0.700. The van der Waals surface area contributed by atoms with Gasteiger partial charge >= 0.3 is 0 Å². The van der Waals surface area contributed by atoms with E-state index in [1.54, 1.807) is 6.26 Å². The molecule has 1 aliphatic heterocycles. The molecule has 0 aliphatic carbocycles. The predicted molar refractivity (Wildman–Crippen MR) is 93.1 cm³/mol. The van der Waals surface area contributed by atoms with Gasteiger partial charge in [-0.25, -0.2) is 0 Å². The van der Waals surface area contributed by atoms with Crippen LogP contribution in [0.5, 0.6) is 0 Å². The molecule has 0 atom stereocenters. The van der Waals surface area contributed by atoms with Crippen LogP contribution in [-0.2, 0) is 4.74 Å². The van der Waals surface area contributed by atoms with E-state index < -0.39 is 0 Å². The van der Waals surface area contributed by atoms with Crippen molar-refractivity contribution in [1.82, 2.24) is 0 Å². The molecule has 0 spiro atoms. The monoisotopic (exact) mass is 290 g/mol. The summed E-state index contributed by atoms with van der Waals surface area (Å²) in [5.74, 6) is 0.991. The minimum absolute atomic E-state index is 0.991. The molecule has 21 heavy (non-hydrogen) atoms. The lowest BCUT2D eigenvalue weighted by Crippen LogP contribution is -1.82. The fourth-order valence-electron chi connectivity index (χ4n) is 2.54. The first-order valence-electron chi connectivity index (χ1n) is 9.13. The Morgan fingerprint density at radius 3 is 1.81 bits per heavy atom. The Kier molecular flexibility index (Phi) is 12.0. The van der Waals surface area contributed by atoms with E-state index in [1.807, 2.05) is 6.08 Å². The molecule has 0 fully saturated rings. The molecular weight excluding hydrogens is 256 g/mol. The third-order valence-corrected chi connectivity index (χ3v) is 3.99. The van der Waals surface area contributed by atoms with Gasteiger partial charge in [0.15, 0.2) is 5.76 Å². The van der Waals surface area contributed by atoms with Crippen LogP contribution in [0.25, 0.3) is 0 Å². The van der Waals surface area contributed by atoms with Crippen molar-refractivity contribution in [3.05, 3.63) is 36.3 Å². The van der Waals surface area contributed by atoms with Gasteiger partial charge in [0.2, 0.25) is 0 Å². The van der Waals surface area contributed by atoms with Crippen molar-refractivity contribution < 1.29 is 4.74 Å². The van der Waals surface area contributed by atoms with Crippen LogP contribution in [0.1, 0.15) is 90.4 Å². The maximum absolute atomic E-state index is 4.90. The van der Waals surface area contributed by atoms with E-state index >= 15 is 0 Å². The molecule has 120 valence electrons. The molecule has 0 aromatic heterocycles. The number of hydrogen-bond donors (Lipinski definition) is 0. The van der Waals surface area contributed by atoms with Gasteiger partial charge in [-0.1, -0.05) is 95.8 Å². The summed E-state index contributed by atoms with van der Waals surface area (Å²) < 4.78 is 4.90. The second kappa shape index (κ2) is 14.0. The van der Waals surface area contributed by atoms with E-state index in [2.05, 4.69) is 25.2 Å². The molecule has 0 aromatic rings. The van der Waals surface area contributed by atoms with E-state index in [1.165, 1.54) is 83.5 Å². The number of hydrogen-bond acceptors (Lipinski definition) is 1. The average molecular weight is 290 g/mol. The zero-order valence-electron chi connectivity index (χ0n) is 14.0. The average Bonchev–Trinajstić information content (AvgIpc) is 3.31. The summed E-state index contributed by atoms with van der Waals surface area (Å²) >= 11 is 0. The van der Waals surface area contributed by atoms with E-state index in [0.29, 0.717) is 0 Å². The molecule has 1 aliphatic rings. The molecule has 0 N–H and O–H groups in total. The summed E-state index contributed by atoms with van der Waals surface area (Å²) in [4.78, 5) is 0. The van der Waals surface area contributed by atoms with Crippen molar-refractivity contribution in [3.8, 4) is 0 Å². The van der Waals surface area contributed by atoms with Gasteiger partial charge < -0.3 is 4.74 Å². The van der Waals surface area contributed by atoms with Crippen molar-refractivity contribution in [1.29, 1.82) is 0 Å². The van der Waals surface area contributed by atoms with Crippen molar-refractivity contribution in [2.24, 2.45) is 0 Å². The SMILES string of the molecule is CCCCCCCCCCCCCCC=CC=CC1=CO1. The van der Waals surface area contributed by atoms with Crippen molar-refractivity contribution in [3.63, 3.8) is 0 Å². The Balaban J connectivity index is 1.69. The molecule has 1 rings (SSSR count). The smallest absolute Gasteiger partial charge is 0.161 e. The Labute approximate surface area is 132 Å². The number of unbranched alkanes of at least 4 members (excludes halogenated alkanes) is 12. The standard InChI is InChI=1S/C20H34O/c1-2-3-4-5-6-7-8-9-10-11-12-13-14-15-16-17-18-20-19-21-20/h15-19H,2-14H2,1H3. The summed E-state index contributed by atoms with van der Waals surface area (Å²) in [5.41, 5.74) is 0. The molecule has 1 heterocycles. The number of allylic oxidation sites excluding steroid dienone is 4. The van der Waals surface area contributed by atoms with Crippen LogP contribution in [0.3, 0.4) is 0 Å². The van der Waals surface area contributed by atoms with Gasteiger partial charge in [-0.2, -0.15) is 0 Å². The Hall–Kier alpha value is -0.980. The van der Waals surface area contributed by atoms with Crippen LogP contribution in [0, 0.1) is 0 Å². The summed E-state index contributed by atoms with van der Waals surface area (Å²) in [6.07, 6.45) is 28.5. The predicted octanol–water partition coefficient (Wildman–Crippen LogP) is 7.06. The molecule has 1 heteroatoms. The van der Waals surface area contributed by atoms with Gasteiger partial charge in [0.25, 0.3) is 0 Å². The van der Waals surface area contributed by atoms with Crippen molar-refractivity contribution >= 4 is 0 Å². The molecule has 1 nitrogen and oxygen atoms in total. The van der Waals surface area contributed by atoms with Crippen LogP contribution in [0.15, 0.2) is 36.3 Å². The zero-order chi connectivity index (χ0) is 15.0. The summed E-state index contributed by atoms with van der Waals surface area (Å²) in [6.45, 7) is 2.29. The molecule has 0 amide bonds. The Morgan fingerprint density at radius 1 is 0.762 bits per heavy atom. The van der Waals surface area contributed by atoms with E-state index in [4.69, 9.17) is 4.74 Å². The van der Waals surface area contributed by atoms with Crippen LogP contribution >= 0.6 is 0 Å². The molecule has 0 unspecified atom stereocenters. The van der Waals surface area contributed by atoms with Gasteiger partial charge in [-0.15, -0.1) is 0 Å². The van der Waals surface area contributed by atoms with Crippen LogP contribution in [-0.4, -0.2) is 0 Å². The van der Waals surface area contributed by atoms with Gasteiger partial charge in [0.1, 0.15) is 6.26 Å². The minimum atomic E-state index is 0.991. The van der Waals surface area contributed by atoms with Crippen LogP contribution in [0.2, 0.25) is 0 Å². The maximum atomic E-state index is 4.90. The number of ether oxygens (including phenoxy) is 1. The zero-order valence-corrected chi connectivity index (χ0v) is 14.0. The topological polar surface area (TPSA) is 12.5 Å². The number of rotatable bonds is 15. The summed E-state index contributed by atoms with van der Waals surface area (Å²) in [5, 5.41) is 0. The molecule has 0 radical (unpaired) electrons. The second-order valence-electron chi connectivity index (χ2n) is 6.10. The Morgan fingerprint density at radius 2 is 1.29 bits per heavy atom. The van der Waals surface area contributed by atoms with Crippen LogP contribution in [0.4, 0.5) is 0 Å². The largest absolute Gasteiger partial charge is 0.458 e. The van der Waals surface area contributed by atoms with Gasteiger partial charge in [0, 0.05) is 0 Å². The first kappa shape index (κ1) is 18.1. The first-order valence-corrected chi connectivity index (χ1v) is 9.13. The van der Waals surface area contributed by atoms with Crippen molar-refractivity contribution in [2.45, 2.75) is 90.4 Å². The summed E-state index contributed by atoms with van der Waals surface area (Å²) in [6, 6.07) is 0. The minimum Gasteiger partial charge on any atom is -0.458 e. The lowest BCUT2D eigenvalue weighted by Gasteiger charge is -2.02. The highest BCUT2D eigenvalue weighted by atomic mass is 16.5.